The largest absolute Gasteiger partial charge is 0.465 e. The SMILES string of the molecule is Cc1ccc(C(C(C)N)N(C)C2CCCCC2O)o1. The van der Waals surface area contributed by atoms with Crippen molar-refractivity contribution in [2.45, 2.75) is 63.8 Å². The van der Waals surface area contributed by atoms with Crippen molar-refractivity contribution in [1.29, 1.82) is 0 Å². The molecule has 0 saturated heterocycles. The lowest BCUT2D eigenvalue weighted by atomic mass is 9.89. The molecule has 0 amide bonds. The topological polar surface area (TPSA) is 62.6 Å². The van der Waals surface area contributed by atoms with Crippen LogP contribution in [0, 0.1) is 6.92 Å². The summed E-state index contributed by atoms with van der Waals surface area (Å²) >= 11 is 0. The van der Waals surface area contributed by atoms with Crippen molar-refractivity contribution in [2.75, 3.05) is 7.05 Å². The lowest BCUT2D eigenvalue weighted by Crippen LogP contribution is -2.49. The Morgan fingerprint density at radius 2 is 2.05 bits per heavy atom. The molecule has 4 heteroatoms. The zero-order chi connectivity index (χ0) is 14.0. The quantitative estimate of drug-likeness (QED) is 0.877. The molecular weight excluding hydrogens is 240 g/mol. The molecule has 4 nitrogen and oxygen atoms in total. The number of aryl methyl sites for hydroxylation is 1. The van der Waals surface area contributed by atoms with Gasteiger partial charge in [-0.3, -0.25) is 4.90 Å². The summed E-state index contributed by atoms with van der Waals surface area (Å²) in [4.78, 5) is 2.20. The molecule has 108 valence electrons. The molecule has 4 atom stereocenters. The van der Waals surface area contributed by atoms with E-state index in [1.54, 1.807) is 0 Å². The van der Waals surface area contributed by atoms with Gasteiger partial charge in [-0.15, -0.1) is 0 Å². The summed E-state index contributed by atoms with van der Waals surface area (Å²) in [7, 11) is 2.05. The van der Waals surface area contributed by atoms with Gasteiger partial charge < -0.3 is 15.3 Å². The molecule has 1 heterocycles. The Balaban J connectivity index is 2.18. The molecule has 2 rings (SSSR count). The molecule has 3 N–H and O–H groups in total. The summed E-state index contributed by atoms with van der Waals surface area (Å²) in [5.41, 5.74) is 6.15. The molecule has 1 aliphatic carbocycles. The Labute approximate surface area is 115 Å². The highest BCUT2D eigenvalue weighted by molar-refractivity contribution is 5.12. The average molecular weight is 266 g/mol. The van der Waals surface area contributed by atoms with E-state index in [2.05, 4.69) is 4.90 Å². The maximum absolute atomic E-state index is 10.2. The average Bonchev–Trinajstić information content (AvgIpc) is 2.75. The first-order valence-electron chi connectivity index (χ1n) is 7.22. The molecular formula is C15H26N2O2. The lowest BCUT2D eigenvalue weighted by Gasteiger charge is -2.40. The third-order valence-corrected chi connectivity index (χ3v) is 4.21. The van der Waals surface area contributed by atoms with E-state index in [-0.39, 0.29) is 24.2 Å². The van der Waals surface area contributed by atoms with Crippen molar-refractivity contribution in [1.82, 2.24) is 4.90 Å². The van der Waals surface area contributed by atoms with Crippen molar-refractivity contribution in [3.05, 3.63) is 23.7 Å². The van der Waals surface area contributed by atoms with Gasteiger partial charge in [-0.2, -0.15) is 0 Å². The number of aliphatic hydroxyl groups excluding tert-OH is 1. The molecule has 0 aromatic carbocycles. The van der Waals surface area contributed by atoms with Crippen molar-refractivity contribution in [3.63, 3.8) is 0 Å². The van der Waals surface area contributed by atoms with Gasteiger partial charge in [0.1, 0.15) is 11.5 Å². The second-order valence-corrected chi connectivity index (χ2v) is 5.84. The third-order valence-electron chi connectivity index (χ3n) is 4.21. The van der Waals surface area contributed by atoms with Crippen LogP contribution in [0.2, 0.25) is 0 Å². The number of rotatable bonds is 4. The van der Waals surface area contributed by atoms with Gasteiger partial charge >= 0.3 is 0 Å². The highest BCUT2D eigenvalue weighted by atomic mass is 16.3. The Morgan fingerprint density at radius 3 is 2.58 bits per heavy atom. The Kier molecular flexibility index (Phi) is 4.66. The number of likely N-dealkylation sites (N-methyl/N-ethyl adjacent to an activating group) is 1. The van der Waals surface area contributed by atoms with Crippen LogP contribution in [0.4, 0.5) is 0 Å². The third kappa shape index (κ3) is 3.19. The van der Waals surface area contributed by atoms with Gasteiger partial charge in [-0.1, -0.05) is 12.8 Å². The zero-order valence-corrected chi connectivity index (χ0v) is 12.2. The summed E-state index contributed by atoms with van der Waals surface area (Å²) < 4.78 is 5.75. The van der Waals surface area contributed by atoms with Crippen LogP contribution in [0.15, 0.2) is 16.5 Å². The molecule has 0 spiro atoms. The predicted molar refractivity (Wildman–Crippen MR) is 75.9 cm³/mol. The van der Waals surface area contributed by atoms with Gasteiger partial charge in [0, 0.05) is 12.1 Å². The summed E-state index contributed by atoms with van der Waals surface area (Å²) in [6.07, 6.45) is 3.96. The molecule has 1 aromatic heterocycles. The molecule has 4 unspecified atom stereocenters. The van der Waals surface area contributed by atoms with Crippen LogP contribution in [-0.2, 0) is 0 Å². The number of nitrogens with zero attached hydrogens (tertiary/aromatic N) is 1. The second-order valence-electron chi connectivity index (χ2n) is 5.84. The fourth-order valence-corrected chi connectivity index (χ4v) is 3.22. The molecule has 19 heavy (non-hydrogen) atoms. The number of furan rings is 1. The number of nitrogens with two attached hydrogens (primary N) is 1. The highest BCUT2D eigenvalue weighted by Crippen LogP contribution is 2.31. The van der Waals surface area contributed by atoms with Gasteiger partial charge in [0.25, 0.3) is 0 Å². The first-order chi connectivity index (χ1) is 9.00. The molecule has 1 aliphatic rings. The summed E-state index contributed by atoms with van der Waals surface area (Å²) in [5.74, 6) is 1.80. The van der Waals surface area contributed by atoms with Crippen LogP contribution in [0.25, 0.3) is 0 Å². The summed E-state index contributed by atoms with van der Waals surface area (Å²) in [6, 6.07) is 4.12. The first-order valence-corrected chi connectivity index (χ1v) is 7.22. The van der Waals surface area contributed by atoms with E-state index in [1.165, 1.54) is 6.42 Å². The lowest BCUT2D eigenvalue weighted by molar-refractivity contribution is 0.00325. The van der Waals surface area contributed by atoms with Crippen LogP contribution in [0.3, 0.4) is 0 Å². The van der Waals surface area contributed by atoms with E-state index in [0.717, 1.165) is 30.8 Å². The first kappa shape index (κ1) is 14.6. The van der Waals surface area contributed by atoms with Gasteiger partial charge in [0.15, 0.2) is 0 Å². The number of hydrogen-bond acceptors (Lipinski definition) is 4. The van der Waals surface area contributed by atoms with E-state index < -0.39 is 0 Å². The Hall–Kier alpha value is -0.840. The van der Waals surface area contributed by atoms with Crippen molar-refractivity contribution in [2.24, 2.45) is 5.73 Å². The van der Waals surface area contributed by atoms with Gasteiger partial charge in [-0.05, 0) is 45.9 Å². The van der Waals surface area contributed by atoms with E-state index in [4.69, 9.17) is 10.2 Å². The minimum atomic E-state index is -0.254. The van der Waals surface area contributed by atoms with Crippen LogP contribution in [0.5, 0.6) is 0 Å². The van der Waals surface area contributed by atoms with Gasteiger partial charge in [-0.25, -0.2) is 0 Å². The summed E-state index contributed by atoms with van der Waals surface area (Å²) in [6.45, 7) is 3.94. The molecule has 0 aliphatic heterocycles. The van der Waals surface area contributed by atoms with Crippen LogP contribution in [0.1, 0.15) is 50.2 Å². The maximum Gasteiger partial charge on any atom is 0.122 e. The van der Waals surface area contributed by atoms with Crippen LogP contribution < -0.4 is 5.73 Å². The Morgan fingerprint density at radius 1 is 1.37 bits per heavy atom. The van der Waals surface area contributed by atoms with Gasteiger partial charge in [0.05, 0.1) is 12.1 Å². The van der Waals surface area contributed by atoms with Gasteiger partial charge in [0.2, 0.25) is 0 Å². The van der Waals surface area contributed by atoms with Crippen molar-refractivity contribution < 1.29 is 9.52 Å². The zero-order valence-electron chi connectivity index (χ0n) is 12.2. The van der Waals surface area contributed by atoms with E-state index in [1.807, 2.05) is 33.0 Å². The predicted octanol–water partition coefficient (Wildman–Crippen LogP) is 2.21. The Bertz CT molecular complexity index is 403. The monoisotopic (exact) mass is 266 g/mol. The molecule has 0 bridgehead atoms. The fourth-order valence-electron chi connectivity index (χ4n) is 3.22. The second kappa shape index (κ2) is 6.07. The summed E-state index contributed by atoms with van der Waals surface area (Å²) in [5, 5.41) is 10.2. The molecule has 1 aromatic rings. The molecule has 1 saturated carbocycles. The smallest absolute Gasteiger partial charge is 0.122 e. The minimum Gasteiger partial charge on any atom is -0.465 e. The number of aliphatic hydroxyl groups is 1. The normalized spacial score (nSPS) is 27.5. The van der Waals surface area contributed by atoms with Crippen molar-refractivity contribution >= 4 is 0 Å². The maximum atomic E-state index is 10.2. The fraction of sp³-hybridized carbons (Fsp3) is 0.733. The van der Waals surface area contributed by atoms with E-state index in [0.29, 0.717) is 0 Å². The number of hydrogen-bond donors (Lipinski definition) is 2. The van der Waals surface area contributed by atoms with Crippen molar-refractivity contribution in [3.8, 4) is 0 Å². The standard InChI is InChI=1S/C15H26N2O2/c1-10-8-9-14(19-10)15(11(2)16)17(3)12-6-4-5-7-13(12)18/h8-9,11-13,15,18H,4-7,16H2,1-3H3. The molecule has 0 radical (unpaired) electrons. The van der Waals surface area contributed by atoms with Crippen LogP contribution in [-0.4, -0.2) is 35.2 Å². The van der Waals surface area contributed by atoms with Crippen LogP contribution >= 0.6 is 0 Å². The van der Waals surface area contributed by atoms with E-state index in [9.17, 15) is 5.11 Å². The molecule has 1 fully saturated rings. The minimum absolute atomic E-state index is 0.0199. The van der Waals surface area contributed by atoms with E-state index >= 15 is 0 Å². The highest BCUT2D eigenvalue weighted by Gasteiger charge is 2.34.